The predicted octanol–water partition coefficient (Wildman–Crippen LogP) is 1.92. The van der Waals surface area contributed by atoms with Crippen molar-refractivity contribution < 1.29 is 9.47 Å². The highest BCUT2D eigenvalue weighted by molar-refractivity contribution is 7.71. The first kappa shape index (κ1) is 12.6. The van der Waals surface area contributed by atoms with E-state index >= 15 is 0 Å². The van der Waals surface area contributed by atoms with Crippen LogP contribution >= 0.6 is 12.2 Å². The minimum Gasteiger partial charge on any atom is -0.479 e. The van der Waals surface area contributed by atoms with Crippen molar-refractivity contribution in [2.75, 3.05) is 13.7 Å². The van der Waals surface area contributed by atoms with E-state index in [0.29, 0.717) is 16.6 Å². The first-order valence-electron chi connectivity index (χ1n) is 6.30. The van der Waals surface area contributed by atoms with Gasteiger partial charge in [0.05, 0.1) is 13.2 Å². The number of rotatable bonds is 3. The first-order valence-corrected chi connectivity index (χ1v) is 6.70. The van der Waals surface area contributed by atoms with Gasteiger partial charge in [-0.2, -0.15) is 4.98 Å². The molecule has 3 heterocycles. The molecule has 0 bridgehead atoms. The summed E-state index contributed by atoms with van der Waals surface area (Å²) in [7, 11) is 1.59. The van der Waals surface area contributed by atoms with E-state index in [4.69, 9.17) is 21.7 Å². The van der Waals surface area contributed by atoms with E-state index in [1.54, 1.807) is 7.11 Å². The standard InChI is InChI=1S/C12H16N4O2S/c1-7-8(3-4-18-7)5-16-10-9(15-12(16)19)11(17-2)14-6-13-10/h6-8H,3-5H2,1-2H3,(H,15,19). The molecule has 1 N–H and O–H groups in total. The molecule has 2 atom stereocenters. The molecule has 1 saturated heterocycles. The van der Waals surface area contributed by atoms with E-state index in [2.05, 4.69) is 21.9 Å². The Balaban J connectivity index is 2.03. The molecule has 7 heteroatoms. The lowest BCUT2D eigenvalue weighted by Gasteiger charge is -2.14. The molecule has 2 aromatic heterocycles. The molecule has 0 aromatic carbocycles. The number of methoxy groups -OCH3 is 1. The van der Waals surface area contributed by atoms with Crippen LogP contribution < -0.4 is 4.74 Å². The summed E-state index contributed by atoms with van der Waals surface area (Å²) in [5.41, 5.74) is 1.54. The van der Waals surface area contributed by atoms with Crippen LogP contribution in [-0.4, -0.2) is 39.3 Å². The van der Waals surface area contributed by atoms with E-state index in [1.165, 1.54) is 6.33 Å². The fourth-order valence-corrected chi connectivity index (χ4v) is 2.78. The number of nitrogens with one attached hydrogen (secondary N) is 1. The van der Waals surface area contributed by atoms with Gasteiger partial charge in [-0.1, -0.05) is 0 Å². The molecule has 0 aliphatic carbocycles. The Labute approximate surface area is 115 Å². The molecular weight excluding hydrogens is 264 g/mol. The normalized spacial score (nSPS) is 23.1. The molecule has 102 valence electrons. The smallest absolute Gasteiger partial charge is 0.242 e. The first-order chi connectivity index (χ1) is 9.20. The Bertz CT molecular complexity index is 651. The third-order valence-corrected chi connectivity index (χ3v) is 3.99. The van der Waals surface area contributed by atoms with E-state index < -0.39 is 0 Å². The van der Waals surface area contributed by atoms with E-state index in [-0.39, 0.29) is 6.10 Å². The van der Waals surface area contributed by atoms with Crippen molar-refractivity contribution in [2.24, 2.45) is 5.92 Å². The average molecular weight is 280 g/mol. The molecule has 0 spiro atoms. The number of aromatic nitrogens is 4. The molecule has 0 radical (unpaired) electrons. The van der Waals surface area contributed by atoms with E-state index in [0.717, 1.165) is 30.7 Å². The summed E-state index contributed by atoms with van der Waals surface area (Å²) in [6.45, 7) is 3.73. The third kappa shape index (κ3) is 2.12. The molecule has 1 aliphatic heterocycles. The predicted molar refractivity (Wildman–Crippen MR) is 72.8 cm³/mol. The Kier molecular flexibility index (Phi) is 3.24. The van der Waals surface area contributed by atoms with Crippen molar-refractivity contribution >= 4 is 23.4 Å². The molecule has 2 unspecified atom stereocenters. The molecule has 1 aliphatic rings. The number of fused-ring (bicyclic) bond motifs is 1. The van der Waals surface area contributed by atoms with Crippen LogP contribution in [0.4, 0.5) is 0 Å². The van der Waals surface area contributed by atoms with Gasteiger partial charge in [0, 0.05) is 19.1 Å². The van der Waals surface area contributed by atoms with Gasteiger partial charge in [0.25, 0.3) is 0 Å². The lowest BCUT2D eigenvalue weighted by molar-refractivity contribution is 0.102. The Hall–Kier alpha value is -1.47. The number of H-pyrrole nitrogens is 1. The summed E-state index contributed by atoms with van der Waals surface area (Å²) in [6, 6.07) is 0. The summed E-state index contributed by atoms with van der Waals surface area (Å²) in [6.07, 6.45) is 2.81. The number of aromatic amines is 1. The monoisotopic (exact) mass is 280 g/mol. The van der Waals surface area contributed by atoms with Crippen LogP contribution in [0.3, 0.4) is 0 Å². The molecule has 1 fully saturated rings. The molecule has 2 aromatic rings. The van der Waals surface area contributed by atoms with Crippen molar-refractivity contribution in [1.82, 2.24) is 19.5 Å². The van der Waals surface area contributed by atoms with Crippen LogP contribution in [0.1, 0.15) is 13.3 Å². The average Bonchev–Trinajstić information content (AvgIpc) is 2.95. The summed E-state index contributed by atoms with van der Waals surface area (Å²) >= 11 is 5.38. The third-order valence-electron chi connectivity index (χ3n) is 3.67. The number of hydrogen-bond donors (Lipinski definition) is 1. The highest BCUT2D eigenvalue weighted by Gasteiger charge is 2.26. The van der Waals surface area contributed by atoms with E-state index in [9.17, 15) is 0 Å². The Morgan fingerprint density at radius 2 is 2.42 bits per heavy atom. The zero-order valence-corrected chi connectivity index (χ0v) is 11.7. The molecule has 19 heavy (non-hydrogen) atoms. The van der Waals surface area contributed by atoms with Crippen molar-refractivity contribution in [3.63, 3.8) is 0 Å². The van der Waals surface area contributed by atoms with Gasteiger partial charge >= 0.3 is 0 Å². The second kappa shape index (κ2) is 4.90. The summed E-state index contributed by atoms with van der Waals surface area (Å²) < 4.78 is 13.5. The number of imidazole rings is 1. The maximum Gasteiger partial charge on any atom is 0.242 e. The number of nitrogens with zero attached hydrogens (tertiary/aromatic N) is 3. The zero-order valence-electron chi connectivity index (χ0n) is 10.9. The fraction of sp³-hybridized carbons (Fsp3) is 0.583. The van der Waals surface area contributed by atoms with Gasteiger partial charge in [0.1, 0.15) is 11.8 Å². The summed E-state index contributed by atoms with van der Waals surface area (Å²) in [5, 5.41) is 0. The van der Waals surface area contributed by atoms with Crippen molar-refractivity contribution in [3.8, 4) is 5.88 Å². The van der Waals surface area contributed by atoms with Crippen LogP contribution in [0.25, 0.3) is 11.2 Å². The van der Waals surface area contributed by atoms with Gasteiger partial charge in [-0.15, -0.1) is 0 Å². The fourth-order valence-electron chi connectivity index (χ4n) is 2.52. The van der Waals surface area contributed by atoms with Gasteiger partial charge in [-0.25, -0.2) is 4.98 Å². The Morgan fingerprint density at radius 3 is 3.11 bits per heavy atom. The maximum absolute atomic E-state index is 5.60. The molecule has 0 amide bonds. The molecule has 0 saturated carbocycles. The van der Waals surface area contributed by atoms with Crippen molar-refractivity contribution in [2.45, 2.75) is 26.0 Å². The number of hydrogen-bond acceptors (Lipinski definition) is 5. The van der Waals surface area contributed by atoms with Crippen LogP contribution in [0, 0.1) is 10.7 Å². The van der Waals surface area contributed by atoms with Crippen molar-refractivity contribution in [1.29, 1.82) is 0 Å². The highest BCUT2D eigenvalue weighted by atomic mass is 32.1. The molecule has 3 rings (SSSR count). The van der Waals surface area contributed by atoms with Gasteiger partial charge in [0.2, 0.25) is 5.88 Å². The van der Waals surface area contributed by atoms with Gasteiger partial charge < -0.3 is 19.0 Å². The highest BCUT2D eigenvalue weighted by Crippen LogP contribution is 2.26. The minimum atomic E-state index is 0.260. The van der Waals surface area contributed by atoms with Crippen LogP contribution in [0.2, 0.25) is 0 Å². The Morgan fingerprint density at radius 1 is 1.58 bits per heavy atom. The maximum atomic E-state index is 5.60. The summed E-state index contributed by atoms with van der Waals surface area (Å²) in [5.74, 6) is 0.984. The lowest BCUT2D eigenvalue weighted by atomic mass is 10.0. The topological polar surface area (TPSA) is 65.0 Å². The minimum absolute atomic E-state index is 0.260. The molecular formula is C12H16N4O2S. The van der Waals surface area contributed by atoms with Gasteiger partial charge in [0.15, 0.2) is 10.4 Å². The SMILES string of the molecule is COc1ncnc2c1[nH]c(=S)n2CC1CCOC1C. The van der Waals surface area contributed by atoms with Gasteiger partial charge in [-0.05, 0) is 25.6 Å². The summed E-state index contributed by atoms with van der Waals surface area (Å²) in [4.78, 5) is 11.5. The van der Waals surface area contributed by atoms with Crippen LogP contribution in [0.5, 0.6) is 5.88 Å². The second-order valence-electron chi connectivity index (χ2n) is 4.75. The van der Waals surface area contributed by atoms with Crippen molar-refractivity contribution in [3.05, 3.63) is 11.1 Å². The zero-order chi connectivity index (χ0) is 13.4. The van der Waals surface area contributed by atoms with E-state index in [1.807, 2.05) is 4.57 Å². The quantitative estimate of drug-likeness (QED) is 0.870. The van der Waals surface area contributed by atoms with Crippen LogP contribution in [0.15, 0.2) is 6.33 Å². The van der Waals surface area contributed by atoms with Crippen LogP contribution in [-0.2, 0) is 11.3 Å². The number of ether oxygens (including phenoxy) is 2. The second-order valence-corrected chi connectivity index (χ2v) is 5.13. The molecule has 6 nitrogen and oxygen atoms in total. The lowest BCUT2D eigenvalue weighted by Crippen LogP contribution is -2.18. The van der Waals surface area contributed by atoms with Gasteiger partial charge in [-0.3, -0.25) is 0 Å². The largest absolute Gasteiger partial charge is 0.479 e.